The Labute approximate surface area is 222 Å². The topological polar surface area (TPSA) is 94.4 Å². The van der Waals surface area contributed by atoms with Crippen LogP contribution >= 0.6 is 0 Å². The van der Waals surface area contributed by atoms with Crippen molar-refractivity contribution in [1.29, 1.82) is 5.26 Å². The lowest BCUT2D eigenvalue weighted by atomic mass is 10.0. The quantitative estimate of drug-likeness (QED) is 0.387. The minimum Gasteiger partial charge on any atom is -0.495 e. The van der Waals surface area contributed by atoms with E-state index in [1.807, 2.05) is 72.8 Å². The zero-order chi connectivity index (χ0) is 26.3. The molecule has 2 heterocycles. The van der Waals surface area contributed by atoms with Crippen molar-refractivity contribution in [3.63, 3.8) is 0 Å². The number of carbonyl (C=O) groups excluding carboxylic acids is 1. The summed E-state index contributed by atoms with van der Waals surface area (Å²) in [6.45, 7) is 3.27. The summed E-state index contributed by atoms with van der Waals surface area (Å²) >= 11 is 0. The molecule has 5 rings (SSSR count). The molecule has 0 radical (unpaired) electrons. The van der Waals surface area contributed by atoms with Gasteiger partial charge in [0.2, 0.25) is 5.91 Å². The normalized spacial score (nSPS) is 14.1. The van der Waals surface area contributed by atoms with Crippen molar-refractivity contribution in [2.75, 3.05) is 49.6 Å². The molecule has 8 heteroatoms. The molecule has 1 aliphatic heterocycles. The molecule has 1 saturated heterocycles. The second-order valence-electron chi connectivity index (χ2n) is 9.16. The maximum atomic E-state index is 13.2. The van der Waals surface area contributed by atoms with Crippen molar-refractivity contribution in [2.45, 2.75) is 12.3 Å². The summed E-state index contributed by atoms with van der Waals surface area (Å²) in [6, 6.07) is 27.7. The third kappa shape index (κ3) is 5.37. The van der Waals surface area contributed by atoms with Crippen molar-refractivity contribution in [3.8, 4) is 11.8 Å². The van der Waals surface area contributed by atoms with Crippen LogP contribution in [0, 0.1) is 11.3 Å². The molecule has 1 fully saturated rings. The highest BCUT2D eigenvalue weighted by molar-refractivity contribution is 5.89. The lowest BCUT2D eigenvalue weighted by Crippen LogP contribution is -2.47. The third-order valence-corrected chi connectivity index (χ3v) is 6.80. The predicted octanol–water partition coefficient (Wildman–Crippen LogP) is 3.93. The van der Waals surface area contributed by atoms with Crippen LogP contribution in [-0.4, -0.2) is 55.7 Å². The molecule has 192 valence electrons. The molecular weight excluding hydrogens is 476 g/mol. The molecule has 4 aromatic rings. The van der Waals surface area contributed by atoms with Crippen molar-refractivity contribution < 1.29 is 9.53 Å². The Morgan fingerprint density at radius 1 is 0.921 bits per heavy atom. The minimum absolute atomic E-state index is 0.359. The number of ether oxygens (including phenoxy) is 1. The summed E-state index contributed by atoms with van der Waals surface area (Å²) in [5.41, 5.74) is 3.97. The maximum absolute atomic E-state index is 13.2. The van der Waals surface area contributed by atoms with Crippen LogP contribution in [-0.2, 0) is 11.2 Å². The van der Waals surface area contributed by atoms with Crippen LogP contribution in [0.4, 0.5) is 11.5 Å². The van der Waals surface area contributed by atoms with Crippen LogP contribution < -0.4 is 19.9 Å². The Kier molecular flexibility index (Phi) is 7.65. The first-order chi connectivity index (χ1) is 18.7. The monoisotopic (exact) mass is 506 g/mol. The van der Waals surface area contributed by atoms with Crippen molar-refractivity contribution in [3.05, 3.63) is 90.1 Å². The first-order valence-corrected chi connectivity index (χ1v) is 12.8. The number of methoxy groups -OCH3 is 1. The van der Waals surface area contributed by atoms with Gasteiger partial charge in [0.25, 0.3) is 0 Å². The molecule has 1 aliphatic rings. The summed E-state index contributed by atoms with van der Waals surface area (Å²) < 4.78 is 5.55. The highest BCUT2D eigenvalue weighted by Gasteiger charge is 2.30. The van der Waals surface area contributed by atoms with Gasteiger partial charge in [-0.25, -0.2) is 9.97 Å². The van der Waals surface area contributed by atoms with Crippen molar-refractivity contribution in [2.24, 2.45) is 0 Å². The fourth-order valence-corrected chi connectivity index (χ4v) is 4.80. The highest BCUT2D eigenvalue weighted by Crippen LogP contribution is 2.31. The number of carbonyl (C=O) groups is 1. The van der Waals surface area contributed by atoms with Gasteiger partial charge in [0.05, 0.1) is 29.9 Å². The summed E-state index contributed by atoms with van der Waals surface area (Å²) in [4.78, 5) is 27.3. The van der Waals surface area contributed by atoms with E-state index in [0.29, 0.717) is 43.1 Å². The molecule has 0 bridgehead atoms. The number of piperazine rings is 1. The predicted molar refractivity (Wildman–Crippen MR) is 148 cm³/mol. The first kappa shape index (κ1) is 25.0. The number of fused-ring (bicyclic) bond motifs is 1. The number of nitrogens with one attached hydrogen (secondary N) is 1. The van der Waals surface area contributed by atoms with Gasteiger partial charge in [-0.05, 0) is 36.2 Å². The van der Waals surface area contributed by atoms with Crippen molar-refractivity contribution in [1.82, 2.24) is 15.3 Å². The van der Waals surface area contributed by atoms with E-state index < -0.39 is 5.92 Å². The van der Waals surface area contributed by atoms with Gasteiger partial charge in [0.15, 0.2) is 11.7 Å². The van der Waals surface area contributed by atoms with Gasteiger partial charge in [-0.15, -0.1) is 0 Å². The van der Waals surface area contributed by atoms with Gasteiger partial charge in [-0.2, -0.15) is 5.26 Å². The van der Waals surface area contributed by atoms with E-state index in [1.165, 1.54) is 0 Å². The van der Waals surface area contributed by atoms with Gasteiger partial charge in [0.1, 0.15) is 11.4 Å². The Bertz CT molecular complexity index is 1440. The molecule has 0 unspecified atom stereocenters. The second kappa shape index (κ2) is 11.6. The molecule has 0 aliphatic carbocycles. The number of nitriles is 1. The molecule has 0 saturated carbocycles. The smallest absolute Gasteiger partial charge is 0.243 e. The number of benzene rings is 3. The van der Waals surface area contributed by atoms with E-state index in [0.717, 1.165) is 35.6 Å². The summed E-state index contributed by atoms with van der Waals surface area (Å²) in [5.74, 6) is 0.00374. The van der Waals surface area contributed by atoms with Crippen molar-refractivity contribution >= 4 is 28.4 Å². The second-order valence-corrected chi connectivity index (χ2v) is 9.16. The fraction of sp³-hybridized carbons (Fsp3) is 0.267. The number of amides is 1. The van der Waals surface area contributed by atoms with E-state index in [9.17, 15) is 10.1 Å². The molecule has 3 aromatic carbocycles. The minimum atomic E-state index is -1.06. The van der Waals surface area contributed by atoms with E-state index in [4.69, 9.17) is 14.7 Å². The summed E-state index contributed by atoms with van der Waals surface area (Å²) in [7, 11) is 1.68. The largest absolute Gasteiger partial charge is 0.495 e. The zero-order valence-electron chi connectivity index (χ0n) is 21.4. The molecule has 38 heavy (non-hydrogen) atoms. The van der Waals surface area contributed by atoms with Gasteiger partial charge in [-0.1, -0.05) is 54.6 Å². The number of hydrogen-bond donors (Lipinski definition) is 1. The number of nitrogens with zero attached hydrogens (tertiary/aromatic N) is 5. The van der Waals surface area contributed by atoms with Gasteiger partial charge >= 0.3 is 0 Å². The van der Waals surface area contributed by atoms with Crippen LogP contribution in [0.1, 0.15) is 17.2 Å². The average Bonchev–Trinajstić information content (AvgIpc) is 2.98. The standard InChI is InChI=1S/C30H30N6O2/c1-38-27-14-8-7-13-26(27)35-17-19-36(20-18-35)29-28(33-24-11-5-6-12-25(24)34-29)23(21-31)30(37)32-16-15-22-9-3-2-4-10-22/h2-14,23H,15-20H2,1H3,(H,32,37)/t23-/m1/s1. The summed E-state index contributed by atoms with van der Waals surface area (Å²) in [6.07, 6.45) is 0.686. The molecular formula is C30H30N6O2. The fourth-order valence-electron chi connectivity index (χ4n) is 4.80. The van der Waals surface area contributed by atoms with Gasteiger partial charge in [0, 0.05) is 32.7 Å². The SMILES string of the molecule is COc1ccccc1N1CCN(c2nc3ccccc3nc2[C@@H](C#N)C(=O)NCCc2ccccc2)CC1. The van der Waals surface area contributed by atoms with Gasteiger partial charge in [-0.3, -0.25) is 4.79 Å². The van der Waals surface area contributed by atoms with Gasteiger partial charge < -0.3 is 19.9 Å². The summed E-state index contributed by atoms with van der Waals surface area (Å²) in [5, 5.41) is 13.0. The molecule has 1 N–H and O–H groups in total. The Morgan fingerprint density at radius 3 is 2.26 bits per heavy atom. The first-order valence-electron chi connectivity index (χ1n) is 12.8. The Hall–Kier alpha value is -4.64. The molecule has 1 amide bonds. The molecule has 8 nitrogen and oxygen atoms in total. The highest BCUT2D eigenvalue weighted by atomic mass is 16.5. The Morgan fingerprint density at radius 2 is 1.55 bits per heavy atom. The van der Waals surface area contributed by atoms with E-state index in [2.05, 4.69) is 27.3 Å². The van der Waals surface area contributed by atoms with E-state index in [1.54, 1.807) is 7.11 Å². The molecule has 1 atom stereocenters. The lowest BCUT2D eigenvalue weighted by Gasteiger charge is -2.38. The molecule has 0 spiro atoms. The Balaban J connectivity index is 1.38. The van der Waals surface area contributed by atoms with Crippen LogP contribution in [0.5, 0.6) is 5.75 Å². The number of anilines is 2. The maximum Gasteiger partial charge on any atom is 0.243 e. The third-order valence-electron chi connectivity index (χ3n) is 6.80. The lowest BCUT2D eigenvalue weighted by molar-refractivity contribution is -0.121. The number of hydrogen-bond acceptors (Lipinski definition) is 7. The van der Waals surface area contributed by atoms with Crippen LogP contribution in [0.15, 0.2) is 78.9 Å². The number of aromatic nitrogens is 2. The molecule has 1 aromatic heterocycles. The van der Waals surface area contributed by atoms with Crippen LogP contribution in [0.3, 0.4) is 0 Å². The zero-order valence-corrected chi connectivity index (χ0v) is 21.4. The number of rotatable bonds is 8. The average molecular weight is 507 g/mol. The van der Waals surface area contributed by atoms with Crippen LogP contribution in [0.25, 0.3) is 11.0 Å². The van der Waals surface area contributed by atoms with Crippen LogP contribution in [0.2, 0.25) is 0 Å². The number of para-hydroxylation sites is 4. The van der Waals surface area contributed by atoms with E-state index >= 15 is 0 Å². The van der Waals surface area contributed by atoms with E-state index in [-0.39, 0.29) is 5.91 Å².